The van der Waals surface area contributed by atoms with E-state index in [1.165, 1.54) is 24.7 Å². The summed E-state index contributed by atoms with van der Waals surface area (Å²) in [6.45, 7) is 8.77. The van der Waals surface area contributed by atoms with E-state index in [9.17, 15) is 18.3 Å². The summed E-state index contributed by atoms with van der Waals surface area (Å²) < 4.78 is 26.8. The number of carbonyl (C=O) groups is 1. The van der Waals surface area contributed by atoms with Crippen molar-refractivity contribution in [3.05, 3.63) is 70.4 Å². The summed E-state index contributed by atoms with van der Waals surface area (Å²) >= 11 is 0. The highest BCUT2D eigenvalue weighted by Crippen LogP contribution is 2.46. The van der Waals surface area contributed by atoms with Gasteiger partial charge in [-0.25, -0.2) is 8.42 Å². The second-order valence-electron chi connectivity index (χ2n) is 9.52. The molecule has 2 aromatic rings. The number of sulfonamides is 1. The fourth-order valence-corrected chi connectivity index (χ4v) is 5.94. The zero-order chi connectivity index (χ0) is 22.1. The number of carbonyl (C=O) groups excluding carboxylic acids is 1. The molecular weight excluding hydrogens is 398 g/mol. The van der Waals surface area contributed by atoms with Gasteiger partial charge in [0.05, 0.1) is 4.90 Å². The van der Waals surface area contributed by atoms with Crippen LogP contribution in [0.4, 0.5) is 0 Å². The number of nitrogens with zero attached hydrogens (tertiary/aromatic N) is 1. The molecule has 2 aliphatic rings. The van der Waals surface area contributed by atoms with Gasteiger partial charge in [0.15, 0.2) is 5.76 Å². The van der Waals surface area contributed by atoms with Crippen molar-refractivity contribution in [2.75, 3.05) is 7.05 Å². The number of benzene rings is 2. The van der Waals surface area contributed by atoms with Crippen LogP contribution in [0, 0.1) is 0 Å². The molecule has 0 spiro atoms. The van der Waals surface area contributed by atoms with Gasteiger partial charge in [-0.3, -0.25) is 9.10 Å². The Hall–Kier alpha value is -2.60. The molecule has 158 valence electrons. The number of rotatable bonds is 1. The van der Waals surface area contributed by atoms with Crippen LogP contribution < -0.4 is 0 Å². The highest BCUT2D eigenvalue weighted by molar-refractivity contribution is 7.89. The van der Waals surface area contributed by atoms with Crippen LogP contribution in [0.2, 0.25) is 0 Å². The number of allylic oxidation sites excluding steroid dienone is 1. The highest BCUT2D eigenvalue weighted by atomic mass is 32.2. The Labute approximate surface area is 178 Å². The van der Waals surface area contributed by atoms with Gasteiger partial charge in [-0.15, -0.1) is 0 Å². The van der Waals surface area contributed by atoms with Crippen molar-refractivity contribution in [1.82, 2.24) is 4.31 Å². The van der Waals surface area contributed by atoms with E-state index in [2.05, 4.69) is 27.7 Å². The summed E-state index contributed by atoms with van der Waals surface area (Å²) in [5.41, 5.74) is 2.60. The normalized spacial score (nSPS) is 22.8. The molecular formula is C24H27NO4S. The Morgan fingerprint density at radius 3 is 2.23 bits per heavy atom. The van der Waals surface area contributed by atoms with Gasteiger partial charge >= 0.3 is 0 Å². The molecule has 2 aromatic carbocycles. The third-order valence-electron chi connectivity index (χ3n) is 6.65. The molecule has 0 aromatic heterocycles. The van der Waals surface area contributed by atoms with Gasteiger partial charge in [0.1, 0.15) is 5.70 Å². The van der Waals surface area contributed by atoms with E-state index >= 15 is 0 Å². The van der Waals surface area contributed by atoms with Gasteiger partial charge in [-0.2, -0.15) is 0 Å². The van der Waals surface area contributed by atoms with Gasteiger partial charge in [-0.05, 0) is 53.0 Å². The minimum Gasteiger partial charge on any atom is -0.505 e. The number of ketones is 1. The number of hydrogen-bond acceptors (Lipinski definition) is 4. The van der Waals surface area contributed by atoms with Crippen LogP contribution in [0.5, 0.6) is 0 Å². The average molecular weight is 426 g/mol. The summed E-state index contributed by atoms with van der Waals surface area (Å²) in [5, 5.41) is 11.1. The van der Waals surface area contributed by atoms with Crippen molar-refractivity contribution < 1.29 is 18.3 Å². The van der Waals surface area contributed by atoms with Crippen LogP contribution >= 0.6 is 0 Å². The van der Waals surface area contributed by atoms with E-state index < -0.39 is 15.8 Å². The molecule has 1 heterocycles. The van der Waals surface area contributed by atoms with Crippen molar-refractivity contribution in [3.8, 4) is 0 Å². The number of Topliss-reactive ketones (excluding diaryl/α,β-unsaturated/α-hetero) is 1. The monoisotopic (exact) mass is 425 g/mol. The minimum atomic E-state index is -3.92. The number of fused-ring (bicyclic) bond motifs is 2. The van der Waals surface area contributed by atoms with Gasteiger partial charge in [0, 0.05) is 18.2 Å². The molecule has 1 N–H and O–H groups in total. The molecule has 0 fully saturated rings. The Morgan fingerprint density at radius 1 is 0.967 bits per heavy atom. The number of aliphatic hydroxyl groups excluding tert-OH is 1. The zero-order valence-electron chi connectivity index (χ0n) is 18.0. The molecule has 4 rings (SSSR count). The summed E-state index contributed by atoms with van der Waals surface area (Å²) in [5.74, 6) is -0.819. The van der Waals surface area contributed by atoms with Gasteiger partial charge in [0.2, 0.25) is 5.78 Å². The molecule has 30 heavy (non-hydrogen) atoms. The number of hydrogen-bond donors (Lipinski definition) is 1. The summed E-state index contributed by atoms with van der Waals surface area (Å²) in [4.78, 5) is 13.1. The minimum absolute atomic E-state index is 0.0197. The molecule has 0 radical (unpaired) electrons. The van der Waals surface area contributed by atoms with Gasteiger partial charge in [-0.1, -0.05) is 52.0 Å². The Morgan fingerprint density at radius 2 is 1.57 bits per heavy atom. The predicted molar refractivity (Wildman–Crippen MR) is 117 cm³/mol. The lowest BCUT2D eigenvalue weighted by Gasteiger charge is -2.42. The molecule has 0 bridgehead atoms. The van der Waals surface area contributed by atoms with Crippen LogP contribution in [0.25, 0.3) is 5.76 Å². The van der Waals surface area contributed by atoms with E-state index in [0.29, 0.717) is 5.56 Å². The largest absolute Gasteiger partial charge is 0.505 e. The maximum Gasteiger partial charge on any atom is 0.265 e. The van der Waals surface area contributed by atoms with E-state index in [4.69, 9.17) is 0 Å². The van der Waals surface area contributed by atoms with Crippen LogP contribution in [0.1, 0.15) is 67.6 Å². The Bertz CT molecular complexity index is 1210. The summed E-state index contributed by atoms with van der Waals surface area (Å²) in [6.07, 6.45) is 2.07. The Balaban J connectivity index is 1.93. The average Bonchev–Trinajstić information content (AvgIpc) is 2.70. The molecule has 0 amide bonds. The van der Waals surface area contributed by atoms with Gasteiger partial charge < -0.3 is 5.11 Å². The maximum atomic E-state index is 13.1. The second-order valence-corrected chi connectivity index (χ2v) is 11.5. The smallest absolute Gasteiger partial charge is 0.265 e. The molecule has 1 aliphatic carbocycles. The Kier molecular flexibility index (Phi) is 4.44. The third kappa shape index (κ3) is 2.88. The fourth-order valence-electron chi connectivity index (χ4n) is 4.55. The van der Waals surface area contributed by atoms with Crippen molar-refractivity contribution in [2.45, 2.75) is 56.3 Å². The molecule has 0 saturated carbocycles. The lowest BCUT2D eigenvalue weighted by atomic mass is 9.63. The first kappa shape index (κ1) is 20.7. The van der Waals surface area contributed by atoms with Crippen LogP contribution in [0.3, 0.4) is 0 Å². The first-order valence-electron chi connectivity index (χ1n) is 10.1. The molecule has 0 atom stereocenters. The van der Waals surface area contributed by atoms with Crippen LogP contribution in [-0.4, -0.2) is 30.7 Å². The van der Waals surface area contributed by atoms with E-state index in [0.717, 1.165) is 22.7 Å². The lowest BCUT2D eigenvalue weighted by molar-refractivity contribution is 0.100. The standard InChI is InChI=1S/C24H27NO4S/c1-23(2)12-13-24(3,4)18-14-15(10-11-17(18)23)21(26)20-22(27)16-8-6-7-9-19(16)30(28,29)25(20)5/h6-11,14,26H,12-13H2,1-5H3. The van der Waals surface area contributed by atoms with E-state index in [1.54, 1.807) is 18.2 Å². The molecule has 6 heteroatoms. The van der Waals surface area contributed by atoms with Crippen molar-refractivity contribution in [1.29, 1.82) is 0 Å². The topological polar surface area (TPSA) is 74.7 Å². The SMILES string of the molecule is CN1C(=C(O)c2ccc3c(c2)C(C)(C)CCC3(C)C)C(=O)c2ccccc2S1(=O)=O. The number of aliphatic hydroxyl groups is 1. The fraction of sp³-hybridized carbons (Fsp3) is 0.375. The first-order chi connectivity index (χ1) is 13.9. The van der Waals surface area contributed by atoms with E-state index in [-0.39, 0.29) is 32.7 Å². The van der Waals surface area contributed by atoms with E-state index in [1.807, 2.05) is 12.1 Å². The van der Waals surface area contributed by atoms with Crippen molar-refractivity contribution in [2.24, 2.45) is 0 Å². The van der Waals surface area contributed by atoms with Crippen molar-refractivity contribution >= 4 is 21.6 Å². The summed E-state index contributed by atoms with van der Waals surface area (Å²) in [7, 11) is -2.61. The maximum absolute atomic E-state index is 13.1. The molecule has 1 aliphatic heterocycles. The molecule has 5 nitrogen and oxygen atoms in total. The van der Waals surface area contributed by atoms with Gasteiger partial charge in [0.25, 0.3) is 10.0 Å². The quantitative estimate of drug-likeness (QED) is 0.527. The predicted octanol–water partition coefficient (Wildman–Crippen LogP) is 4.78. The lowest BCUT2D eigenvalue weighted by Crippen LogP contribution is -2.37. The number of likely N-dealkylation sites (N-methyl/N-ethyl adjacent to an activating group) is 1. The van der Waals surface area contributed by atoms with Crippen LogP contribution in [0.15, 0.2) is 53.1 Å². The molecule has 0 saturated heterocycles. The highest BCUT2D eigenvalue weighted by Gasteiger charge is 2.40. The van der Waals surface area contributed by atoms with Crippen molar-refractivity contribution in [3.63, 3.8) is 0 Å². The summed E-state index contributed by atoms with van der Waals surface area (Å²) in [6, 6.07) is 11.8. The third-order valence-corrected chi connectivity index (χ3v) is 8.47. The van der Waals surface area contributed by atoms with Crippen LogP contribution in [-0.2, 0) is 20.9 Å². The first-order valence-corrected chi connectivity index (χ1v) is 11.5. The second kappa shape index (κ2) is 6.45. The molecule has 0 unspecified atom stereocenters. The zero-order valence-corrected chi connectivity index (χ0v) is 18.8.